The van der Waals surface area contributed by atoms with Crippen molar-refractivity contribution in [1.29, 1.82) is 0 Å². The van der Waals surface area contributed by atoms with Crippen molar-refractivity contribution < 1.29 is 37.3 Å². The fourth-order valence-corrected chi connectivity index (χ4v) is 4.19. The third-order valence-corrected chi connectivity index (χ3v) is 5.71. The van der Waals surface area contributed by atoms with Crippen molar-refractivity contribution in [2.45, 2.75) is 38.4 Å². The first-order valence-electron chi connectivity index (χ1n) is 11.6. The first-order valence-corrected chi connectivity index (χ1v) is 11.6. The van der Waals surface area contributed by atoms with Crippen LogP contribution >= 0.6 is 0 Å². The van der Waals surface area contributed by atoms with Gasteiger partial charge in [-0.1, -0.05) is 18.2 Å². The molecule has 8 nitrogen and oxygen atoms in total. The van der Waals surface area contributed by atoms with Gasteiger partial charge in [-0.3, -0.25) is 9.59 Å². The van der Waals surface area contributed by atoms with Crippen molar-refractivity contribution in [2.75, 3.05) is 37.7 Å². The number of nitrogens with two attached hydrogens (primary N) is 1. The number of carbonyl (C=O) groups is 2. The number of anilines is 1. The lowest BCUT2D eigenvalue weighted by molar-refractivity contribution is -0.153. The highest BCUT2D eigenvalue weighted by atomic mass is 19.4. The average molecular weight is 510 g/mol. The largest absolute Gasteiger partial charge is 0.488 e. The molecule has 2 aromatic rings. The molecule has 1 heterocycles. The molecule has 4 N–H and O–H groups in total. The summed E-state index contributed by atoms with van der Waals surface area (Å²) in [7, 11) is 0. The molecule has 0 aromatic heterocycles. The topological polar surface area (TPSA) is 114 Å². The molecule has 0 aliphatic carbocycles. The molecule has 0 radical (unpaired) electrons. The first kappa shape index (κ1) is 27.1. The summed E-state index contributed by atoms with van der Waals surface area (Å²) in [4.78, 5) is 25.0. The number of carboxylic acids is 1. The van der Waals surface area contributed by atoms with Gasteiger partial charge in [-0.05, 0) is 49.1 Å². The Morgan fingerprint density at radius 1 is 1.19 bits per heavy atom. The molecule has 0 saturated heterocycles. The van der Waals surface area contributed by atoms with Crippen molar-refractivity contribution in [3.05, 3.63) is 53.1 Å². The molecule has 1 unspecified atom stereocenters. The van der Waals surface area contributed by atoms with Gasteiger partial charge in [-0.15, -0.1) is 0 Å². The van der Waals surface area contributed by atoms with Gasteiger partial charge in [0.1, 0.15) is 6.61 Å². The summed E-state index contributed by atoms with van der Waals surface area (Å²) in [6.07, 6.45) is -3.16. The van der Waals surface area contributed by atoms with Crippen molar-refractivity contribution in [3.63, 3.8) is 0 Å². The number of nitrogens with one attached hydrogen (secondary N) is 1. The molecule has 0 fully saturated rings. The van der Waals surface area contributed by atoms with Crippen LogP contribution in [0.1, 0.15) is 34.8 Å². The van der Waals surface area contributed by atoms with Gasteiger partial charge < -0.3 is 30.5 Å². The Hall–Kier alpha value is -3.47. The van der Waals surface area contributed by atoms with Gasteiger partial charge in [0.05, 0.1) is 17.7 Å². The highest BCUT2D eigenvalue weighted by Gasteiger charge is 2.29. The summed E-state index contributed by atoms with van der Waals surface area (Å²) in [5.41, 5.74) is 8.63. The first-order chi connectivity index (χ1) is 17.0. The van der Waals surface area contributed by atoms with Crippen LogP contribution in [0.25, 0.3) is 0 Å². The molecule has 1 atom stereocenters. The minimum Gasteiger partial charge on any atom is -0.488 e. The number of nitrogens with zero attached hydrogens (tertiary/aromatic N) is 1. The molecule has 196 valence electrons. The number of amides is 1. The van der Waals surface area contributed by atoms with E-state index in [2.05, 4.69) is 5.32 Å². The van der Waals surface area contributed by atoms with Gasteiger partial charge in [0.25, 0.3) is 5.91 Å². The number of para-hydroxylation sites is 2. The Labute approximate surface area is 207 Å². The number of ether oxygens (including phenoxy) is 2. The second-order valence-electron chi connectivity index (χ2n) is 8.65. The lowest BCUT2D eigenvalue weighted by Crippen LogP contribution is -2.32. The van der Waals surface area contributed by atoms with Gasteiger partial charge in [-0.2, -0.15) is 13.2 Å². The number of aliphatic carboxylic acids is 1. The van der Waals surface area contributed by atoms with E-state index in [4.69, 9.17) is 20.3 Å². The Morgan fingerprint density at radius 3 is 2.53 bits per heavy atom. The summed E-state index contributed by atoms with van der Waals surface area (Å²) in [6, 6.07) is 9.97. The fraction of sp³-hybridized carbons (Fsp3) is 0.440. The maximum Gasteiger partial charge on any atom is 0.422 e. The van der Waals surface area contributed by atoms with E-state index in [0.717, 1.165) is 11.1 Å². The van der Waals surface area contributed by atoms with Gasteiger partial charge in [0, 0.05) is 25.7 Å². The van der Waals surface area contributed by atoms with E-state index in [1.165, 1.54) is 6.07 Å². The molecule has 11 heteroatoms. The van der Waals surface area contributed by atoms with Crippen molar-refractivity contribution >= 4 is 17.6 Å². The van der Waals surface area contributed by atoms with E-state index in [0.29, 0.717) is 43.7 Å². The number of carboxylic acid groups (broad SMARTS) is 1. The van der Waals surface area contributed by atoms with Gasteiger partial charge in [-0.25, -0.2) is 0 Å². The highest BCUT2D eigenvalue weighted by molar-refractivity contribution is 6.00. The molecule has 1 amide bonds. The maximum atomic E-state index is 12.4. The summed E-state index contributed by atoms with van der Waals surface area (Å²) >= 11 is 0. The van der Waals surface area contributed by atoms with Crippen molar-refractivity contribution in [1.82, 2.24) is 5.32 Å². The van der Waals surface area contributed by atoms with E-state index in [-0.39, 0.29) is 30.6 Å². The number of primary amides is 1. The standard InChI is InChI=1S/C25H30F3N3O5/c1-16(30-8-11-35-20-4-2-3-5-21(20)36-15-25(26,27)28)12-17-13-18-6-9-31(10-7-22(32)33)23(18)19(14-17)24(29)34/h2-5,13-14,16,30H,6-12,15H2,1H3,(H2,29,34)(H,32,33). The van der Waals surface area contributed by atoms with E-state index in [9.17, 15) is 22.8 Å². The molecular weight excluding hydrogens is 479 g/mol. The lowest BCUT2D eigenvalue weighted by atomic mass is 9.98. The number of carbonyl (C=O) groups excluding carboxylic acids is 1. The van der Waals surface area contributed by atoms with Gasteiger partial charge >= 0.3 is 12.1 Å². The summed E-state index contributed by atoms with van der Waals surface area (Å²) < 4.78 is 47.8. The van der Waals surface area contributed by atoms with Crippen LogP contribution in [0.15, 0.2) is 36.4 Å². The molecule has 3 rings (SSSR count). The van der Waals surface area contributed by atoms with E-state index in [1.54, 1.807) is 24.3 Å². The van der Waals surface area contributed by atoms with E-state index < -0.39 is 24.7 Å². The van der Waals surface area contributed by atoms with Crippen LogP contribution < -0.4 is 25.4 Å². The predicted molar refractivity (Wildman–Crippen MR) is 128 cm³/mol. The minimum absolute atomic E-state index is 0.00798. The van der Waals surface area contributed by atoms with Crippen LogP contribution in [0.4, 0.5) is 18.9 Å². The normalized spacial score (nSPS) is 13.8. The molecule has 0 spiro atoms. The fourth-order valence-electron chi connectivity index (χ4n) is 4.19. The zero-order chi connectivity index (χ0) is 26.3. The summed E-state index contributed by atoms with van der Waals surface area (Å²) in [5.74, 6) is -1.21. The monoisotopic (exact) mass is 509 g/mol. The summed E-state index contributed by atoms with van der Waals surface area (Å²) in [6.45, 7) is 2.16. The van der Waals surface area contributed by atoms with Crippen molar-refractivity contribution in [2.24, 2.45) is 5.73 Å². The van der Waals surface area contributed by atoms with E-state index >= 15 is 0 Å². The SMILES string of the molecule is CC(Cc1cc2c(c(C(N)=O)c1)N(CCC(=O)O)CC2)NCCOc1ccccc1OCC(F)(F)F. The Bertz CT molecular complexity index is 1080. The molecule has 36 heavy (non-hydrogen) atoms. The van der Waals surface area contributed by atoms with E-state index in [1.807, 2.05) is 17.9 Å². The predicted octanol–water partition coefficient (Wildman–Crippen LogP) is 3.16. The Morgan fingerprint density at radius 2 is 1.89 bits per heavy atom. The number of alkyl halides is 3. The molecular formula is C25H30F3N3O5. The number of fused-ring (bicyclic) bond motifs is 1. The average Bonchev–Trinajstić information content (AvgIpc) is 3.21. The van der Waals surface area contributed by atoms with Gasteiger partial charge in [0.2, 0.25) is 0 Å². The Kier molecular flexibility index (Phi) is 9.03. The van der Waals surface area contributed by atoms with Gasteiger partial charge in [0.15, 0.2) is 18.1 Å². The molecule has 2 aromatic carbocycles. The van der Waals surface area contributed by atoms with Crippen LogP contribution in [0.5, 0.6) is 11.5 Å². The number of hydrogen-bond donors (Lipinski definition) is 3. The quantitative estimate of drug-likeness (QED) is 0.356. The third-order valence-electron chi connectivity index (χ3n) is 5.71. The summed E-state index contributed by atoms with van der Waals surface area (Å²) in [5, 5.41) is 12.3. The van der Waals surface area contributed by atoms with Crippen LogP contribution in [0.3, 0.4) is 0 Å². The minimum atomic E-state index is -4.44. The molecule has 1 aliphatic rings. The molecule has 0 bridgehead atoms. The zero-order valence-corrected chi connectivity index (χ0v) is 19.9. The maximum absolute atomic E-state index is 12.4. The Balaban J connectivity index is 1.54. The zero-order valence-electron chi connectivity index (χ0n) is 19.9. The van der Waals surface area contributed by atoms with Crippen LogP contribution in [-0.2, 0) is 17.6 Å². The second kappa shape index (κ2) is 12.0. The third kappa shape index (κ3) is 7.77. The lowest BCUT2D eigenvalue weighted by Gasteiger charge is -2.22. The highest BCUT2D eigenvalue weighted by Crippen LogP contribution is 2.33. The number of hydrogen-bond acceptors (Lipinski definition) is 6. The number of halogens is 3. The second-order valence-corrected chi connectivity index (χ2v) is 8.65. The molecule has 0 saturated carbocycles. The smallest absolute Gasteiger partial charge is 0.422 e. The van der Waals surface area contributed by atoms with Crippen LogP contribution in [0.2, 0.25) is 0 Å². The van der Waals surface area contributed by atoms with Crippen LogP contribution in [-0.4, -0.2) is 62.0 Å². The number of benzene rings is 2. The number of rotatable bonds is 13. The van der Waals surface area contributed by atoms with Crippen LogP contribution in [0, 0.1) is 0 Å². The molecule has 1 aliphatic heterocycles. The van der Waals surface area contributed by atoms with Crippen molar-refractivity contribution in [3.8, 4) is 11.5 Å².